The summed E-state index contributed by atoms with van der Waals surface area (Å²) in [5, 5.41) is 10.6. The molecule has 0 aromatic heterocycles. The van der Waals surface area contributed by atoms with Gasteiger partial charge in [-0.05, 0) is 44.1 Å². The lowest BCUT2D eigenvalue weighted by molar-refractivity contribution is -0.154. The van der Waals surface area contributed by atoms with Crippen LogP contribution in [0.4, 0.5) is 0 Å². The van der Waals surface area contributed by atoms with Crippen molar-refractivity contribution < 1.29 is 24.2 Å². The standard InChI is InChI=1S/C32H44N2O5S/c1-6-9-17-39-31(38)26-25-18-21(4)32(40-25)27(26)29(36)34(24(20-35)19-23-14-11-10-12-15-23)28(32)30(37)33(16-8-3)22(5)13-7-2/h6,8,10-12,14-15,21-22,24-28,35H,1,3,7,9,13,16-20H2,2,4-5H3/t21?,22?,24-,25+,26-,27+,28?,32?/m1/s1. The second-order valence-electron chi connectivity index (χ2n) is 11.5. The first kappa shape index (κ1) is 30.4. The van der Waals surface area contributed by atoms with Crippen molar-refractivity contribution in [2.24, 2.45) is 17.8 Å². The largest absolute Gasteiger partial charge is 0.465 e. The monoisotopic (exact) mass is 568 g/mol. The summed E-state index contributed by atoms with van der Waals surface area (Å²) in [6, 6.07) is 8.29. The number of benzene rings is 1. The Labute approximate surface area is 243 Å². The SMILES string of the molecule is C=CCCOC(=O)[C@@H]1[C@@H]2CC(C)C3(S2)C(C(=O)N(CC=C)C(C)CCC)N([C@@H](CO)Cc2ccccc2)C(=O)[C@H]13. The van der Waals surface area contributed by atoms with Gasteiger partial charge in [0, 0.05) is 17.8 Å². The molecule has 8 heteroatoms. The molecular weight excluding hydrogens is 524 g/mol. The van der Waals surface area contributed by atoms with Crippen LogP contribution in [0.15, 0.2) is 55.6 Å². The van der Waals surface area contributed by atoms with Gasteiger partial charge in [0.2, 0.25) is 11.8 Å². The van der Waals surface area contributed by atoms with E-state index in [1.165, 1.54) is 0 Å². The third-order valence-electron chi connectivity index (χ3n) is 9.02. The first-order valence-corrected chi connectivity index (χ1v) is 15.5. The van der Waals surface area contributed by atoms with Crippen LogP contribution in [0, 0.1) is 17.8 Å². The third kappa shape index (κ3) is 5.25. The Kier molecular flexibility index (Phi) is 9.83. The molecule has 2 bridgehead atoms. The first-order valence-electron chi connectivity index (χ1n) is 14.6. The van der Waals surface area contributed by atoms with Crippen LogP contribution >= 0.6 is 11.8 Å². The lowest BCUT2D eigenvalue weighted by Crippen LogP contribution is -2.60. The summed E-state index contributed by atoms with van der Waals surface area (Å²) in [6.45, 7) is 14.2. The topological polar surface area (TPSA) is 87.2 Å². The maximum atomic E-state index is 14.7. The molecule has 0 radical (unpaired) electrons. The number of aliphatic hydroxyl groups is 1. The van der Waals surface area contributed by atoms with E-state index in [0.29, 0.717) is 19.4 Å². The average Bonchev–Trinajstić information content (AvgIpc) is 3.54. The maximum Gasteiger partial charge on any atom is 0.310 e. The molecule has 3 heterocycles. The number of hydrogen-bond acceptors (Lipinski definition) is 6. The molecular formula is C32H44N2O5S. The number of fused-ring (bicyclic) bond motifs is 1. The number of hydrogen-bond donors (Lipinski definition) is 1. The smallest absolute Gasteiger partial charge is 0.310 e. The van der Waals surface area contributed by atoms with Crippen LogP contribution in [-0.2, 0) is 25.5 Å². The number of aliphatic hydroxyl groups excluding tert-OH is 1. The van der Waals surface area contributed by atoms with Crippen molar-refractivity contribution in [3.8, 4) is 0 Å². The van der Waals surface area contributed by atoms with Crippen LogP contribution in [-0.4, -0.2) is 80.6 Å². The van der Waals surface area contributed by atoms with Crippen molar-refractivity contribution in [1.82, 2.24) is 9.80 Å². The minimum Gasteiger partial charge on any atom is -0.465 e. The molecule has 2 amide bonds. The van der Waals surface area contributed by atoms with Gasteiger partial charge in [-0.2, -0.15) is 0 Å². The van der Waals surface area contributed by atoms with Crippen molar-refractivity contribution in [2.45, 2.75) is 81.0 Å². The zero-order valence-corrected chi connectivity index (χ0v) is 24.9. The van der Waals surface area contributed by atoms with Crippen LogP contribution < -0.4 is 0 Å². The molecule has 40 heavy (non-hydrogen) atoms. The van der Waals surface area contributed by atoms with Gasteiger partial charge in [-0.15, -0.1) is 24.9 Å². The average molecular weight is 569 g/mol. The van der Waals surface area contributed by atoms with E-state index >= 15 is 0 Å². The van der Waals surface area contributed by atoms with Gasteiger partial charge in [-0.1, -0.05) is 62.8 Å². The van der Waals surface area contributed by atoms with Crippen LogP contribution in [0.5, 0.6) is 0 Å². The number of likely N-dealkylation sites (tertiary alicyclic amines) is 1. The molecule has 0 aliphatic carbocycles. The Morgan fingerprint density at radius 1 is 1.27 bits per heavy atom. The summed E-state index contributed by atoms with van der Waals surface area (Å²) in [5.74, 6) is -1.96. The summed E-state index contributed by atoms with van der Waals surface area (Å²) in [5.41, 5.74) is 0.975. The second kappa shape index (κ2) is 12.9. The summed E-state index contributed by atoms with van der Waals surface area (Å²) < 4.78 is 4.86. The molecule has 218 valence electrons. The molecule has 1 N–H and O–H groups in total. The van der Waals surface area contributed by atoms with Crippen LogP contribution in [0.1, 0.15) is 52.0 Å². The quantitative estimate of drug-likeness (QED) is 0.205. The molecule has 1 aromatic carbocycles. The summed E-state index contributed by atoms with van der Waals surface area (Å²) in [6.07, 6.45) is 6.87. The molecule has 4 rings (SSSR count). The predicted octanol–water partition coefficient (Wildman–Crippen LogP) is 4.25. The van der Waals surface area contributed by atoms with E-state index in [1.54, 1.807) is 28.8 Å². The fourth-order valence-electron chi connectivity index (χ4n) is 7.23. The Bertz CT molecular complexity index is 1100. The van der Waals surface area contributed by atoms with Gasteiger partial charge in [-0.25, -0.2) is 0 Å². The Balaban J connectivity index is 1.80. The van der Waals surface area contributed by atoms with Gasteiger partial charge in [0.05, 0.1) is 35.8 Å². The highest BCUT2D eigenvalue weighted by Gasteiger charge is 2.77. The number of carbonyl (C=O) groups excluding carboxylic acids is 3. The van der Waals surface area contributed by atoms with Gasteiger partial charge in [0.25, 0.3) is 0 Å². The highest BCUT2D eigenvalue weighted by molar-refractivity contribution is 8.02. The highest BCUT2D eigenvalue weighted by Crippen LogP contribution is 2.69. The van der Waals surface area contributed by atoms with E-state index in [9.17, 15) is 19.5 Å². The number of thioether (sulfide) groups is 1. The van der Waals surface area contributed by atoms with Crippen LogP contribution in [0.2, 0.25) is 0 Å². The predicted molar refractivity (Wildman–Crippen MR) is 159 cm³/mol. The van der Waals surface area contributed by atoms with E-state index in [1.807, 2.05) is 42.2 Å². The molecule has 3 saturated heterocycles. The second-order valence-corrected chi connectivity index (χ2v) is 13.0. The van der Waals surface area contributed by atoms with E-state index in [4.69, 9.17) is 4.74 Å². The van der Waals surface area contributed by atoms with E-state index in [0.717, 1.165) is 24.8 Å². The maximum absolute atomic E-state index is 14.7. The molecule has 3 fully saturated rings. The molecule has 8 atom stereocenters. The minimum absolute atomic E-state index is 0.0377. The molecule has 3 aliphatic heterocycles. The summed E-state index contributed by atoms with van der Waals surface area (Å²) in [4.78, 5) is 46.2. The molecule has 3 aliphatic rings. The van der Waals surface area contributed by atoms with Crippen molar-refractivity contribution in [2.75, 3.05) is 19.8 Å². The van der Waals surface area contributed by atoms with Crippen LogP contribution in [0.25, 0.3) is 0 Å². The van der Waals surface area contributed by atoms with Crippen molar-refractivity contribution in [3.05, 3.63) is 61.2 Å². The van der Waals surface area contributed by atoms with Gasteiger partial charge < -0.3 is 19.6 Å². The number of esters is 1. The molecule has 7 nitrogen and oxygen atoms in total. The van der Waals surface area contributed by atoms with E-state index in [2.05, 4.69) is 27.0 Å². The van der Waals surface area contributed by atoms with E-state index in [-0.39, 0.29) is 48.2 Å². The van der Waals surface area contributed by atoms with Gasteiger partial charge in [0.15, 0.2) is 0 Å². The molecule has 0 saturated carbocycles. The van der Waals surface area contributed by atoms with Crippen molar-refractivity contribution in [3.63, 3.8) is 0 Å². The van der Waals surface area contributed by atoms with E-state index < -0.39 is 28.7 Å². The van der Waals surface area contributed by atoms with Crippen molar-refractivity contribution >= 4 is 29.5 Å². The normalized spacial score (nSPS) is 30.1. The zero-order chi connectivity index (χ0) is 29.0. The minimum atomic E-state index is -0.791. The third-order valence-corrected chi connectivity index (χ3v) is 11.1. The Morgan fingerprint density at radius 2 is 2.00 bits per heavy atom. The number of ether oxygens (including phenoxy) is 1. The lowest BCUT2D eigenvalue weighted by Gasteiger charge is -2.43. The number of amides is 2. The lowest BCUT2D eigenvalue weighted by atomic mass is 9.66. The van der Waals surface area contributed by atoms with Crippen molar-refractivity contribution in [1.29, 1.82) is 0 Å². The zero-order valence-electron chi connectivity index (χ0n) is 24.0. The number of carbonyl (C=O) groups is 3. The van der Waals surface area contributed by atoms with Gasteiger partial charge >= 0.3 is 5.97 Å². The number of nitrogens with zero attached hydrogens (tertiary/aromatic N) is 2. The fraction of sp³-hybridized carbons (Fsp3) is 0.594. The molecule has 1 aromatic rings. The Morgan fingerprint density at radius 3 is 2.62 bits per heavy atom. The molecule has 4 unspecified atom stereocenters. The van der Waals surface area contributed by atoms with Crippen LogP contribution in [0.3, 0.4) is 0 Å². The number of rotatable bonds is 14. The fourth-order valence-corrected chi connectivity index (χ4v) is 9.62. The summed E-state index contributed by atoms with van der Waals surface area (Å²) in [7, 11) is 0. The Hall–Kier alpha value is -2.58. The van der Waals surface area contributed by atoms with Gasteiger partial charge in [-0.3, -0.25) is 14.4 Å². The molecule has 1 spiro atoms. The van der Waals surface area contributed by atoms with Gasteiger partial charge in [0.1, 0.15) is 6.04 Å². The summed E-state index contributed by atoms with van der Waals surface area (Å²) >= 11 is 1.63. The first-order chi connectivity index (χ1) is 19.3. The highest BCUT2D eigenvalue weighted by atomic mass is 32.2.